The van der Waals surface area contributed by atoms with Gasteiger partial charge in [-0.1, -0.05) is 35.9 Å². The molecule has 30 heavy (non-hydrogen) atoms. The van der Waals surface area contributed by atoms with Crippen molar-refractivity contribution in [2.45, 2.75) is 25.2 Å². The lowest BCUT2D eigenvalue weighted by atomic mass is 10.2. The van der Waals surface area contributed by atoms with Crippen LogP contribution in [0.4, 0.5) is 5.13 Å². The summed E-state index contributed by atoms with van der Waals surface area (Å²) < 4.78 is 0.932. The number of fused-ring (bicyclic) bond motifs is 1. The lowest BCUT2D eigenvalue weighted by Crippen LogP contribution is -2.33. The number of aryl methyl sites for hydroxylation is 1. The van der Waals surface area contributed by atoms with E-state index in [0.29, 0.717) is 22.3 Å². The highest BCUT2D eigenvalue weighted by atomic mass is 35.5. The molecule has 0 aliphatic carbocycles. The van der Waals surface area contributed by atoms with E-state index in [1.54, 1.807) is 16.7 Å². The number of thioether (sulfide) groups is 1. The number of carbonyl (C=O) groups excluding carboxylic acids is 1. The molecule has 0 unspecified atom stereocenters. The van der Waals surface area contributed by atoms with Crippen LogP contribution in [-0.4, -0.2) is 48.7 Å². The first kappa shape index (κ1) is 25.0. The van der Waals surface area contributed by atoms with Crippen LogP contribution < -0.4 is 4.90 Å². The average molecular weight is 485 g/mol. The Morgan fingerprint density at radius 1 is 1.13 bits per heavy atom. The van der Waals surface area contributed by atoms with Crippen LogP contribution in [0.15, 0.2) is 41.3 Å². The molecule has 0 fully saturated rings. The molecule has 1 aromatic heterocycles. The topological polar surface area (TPSA) is 36.4 Å². The molecular formula is C22H27Cl2N3OS2. The third-order valence-corrected chi connectivity index (χ3v) is 6.99. The molecule has 0 atom stereocenters. The Bertz CT molecular complexity index is 951. The molecule has 0 saturated carbocycles. The van der Waals surface area contributed by atoms with Gasteiger partial charge in [-0.15, -0.1) is 24.2 Å². The van der Waals surface area contributed by atoms with Crippen LogP contribution in [0, 0.1) is 6.92 Å². The predicted octanol–water partition coefficient (Wildman–Crippen LogP) is 6.39. The zero-order valence-corrected chi connectivity index (χ0v) is 20.9. The largest absolute Gasteiger partial charge is 0.309 e. The number of carbonyl (C=O) groups is 1. The van der Waals surface area contributed by atoms with Crippen molar-refractivity contribution in [3.8, 4) is 0 Å². The molecule has 0 N–H and O–H groups in total. The second-order valence-electron chi connectivity index (χ2n) is 7.11. The monoisotopic (exact) mass is 483 g/mol. The number of thiazole rings is 1. The van der Waals surface area contributed by atoms with Gasteiger partial charge in [-0.05, 0) is 75.6 Å². The Morgan fingerprint density at radius 3 is 2.43 bits per heavy atom. The fraction of sp³-hybridized carbons (Fsp3) is 0.364. The third-order valence-electron chi connectivity index (χ3n) is 4.56. The van der Waals surface area contributed by atoms with E-state index in [1.807, 2.05) is 57.4 Å². The summed E-state index contributed by atoms with van der Waals surface area (Å²) in [5.41, 5.74) is 2.61. The number of halogens is 2. The van der Waals surface area contributed by atoms with Crippen molar-refractivity contribution in [3.05, 3.63) is 52.5 Å². The SMILES string of the molecule is CCSc1ccc(C(=O)N(CCCN(C)C)c2nc3c(C)ccc(Cl)c3s2)cc1.Cl. The summed E-state index contributed by atoms with van der Waals surface area (Å²) in [5.74, 6) is 0.986. The van der Waals surface area contributed by atoms with Crippen molar-refractivity contribution in [1.82, 2.24) is 9.88 Å². The average Bonchev–Trinajstić information content (AvgIpc) is 3.15. The second kappa shape index (κ2) is 11.3. The van der Waals surface area contributed by atoms with Gasteiger partial charge >= 0.3 is 0 Å². The lowest BCUT2D eigenvalue weighted by Gasteiger charge is -2.21. The zero-order chi connectivity index (χ0) is 21.0. The highest BCUT2D eigenvalue weighted by molar-refractivity contribution is 7.99. The Balaban J connectivity index is 0.00000320. The summed E-state index contributed by atoms with van der Waals surface area (Å²) in [4.78, 5) is 23.3. The molecule has 0 aliphatic heterocycles. The van der Waals surface area contributed by atoms with Crippen LogP contribution in [-0.2, 0) is 0 Å². The van der Waals surface area contributed by atoms with Gasteiger partial charge in [-0.25, -0.2) is 4.98 Å². The molecule has 0 aliphatic rings. The first-order valence-corrected chi connectivity index (χ1v) is 11.8. The van der Waals surface area contributed by atoms with Gasteiger partial charge < -0.3 is 4.90 Å². The van der Waals surface area contributed by atoms with Crippen molar-refractivity contribution >= 4 is 68.4 Å². The Hall–Kier alpha value is -1.31. The fourth-order valence-corrected chi connectivity index (χ4v) is 5.05. The molecule has 1 amide bonds. The number of hydrogen-bond acceptors (Lipinski definition) is 5. The van der Waals surface area contributed by atoms with E-state index in [1.165, 1.54) is 16.2 Å². The number of hydrogen-bond donors (Lipinski definition) is 0. The van der Waals surface area contributed by atoms with Crippen molar-refractivity contribution in [3.63, 3.8) is 0 Å². The molecule has 4 nitrogen and oxygen atoms in total. The van der Waals surface area contributed by atoms with Gasteiger partial charge in [-0.2, -0.15) is 0 Å². The van der Waals surface area contributed by atoms with Crippen LogP contribution in [0.1, 0.15) is 29.3 Å². The van der Waals surface area contributed by atoms with E-state index < -0.39 is 0 Å². The first-order valence-electron chi connectivity index (χ1n) is 9.65. The predicted molar refractivity (Wildman–Crippen MR) is 134 cm³/mol. The third kappa shape index (κ3) is 5.89. The van der Waals surface area contributed by atoms with Crippen molar-refractivity contribution in [2.75, 3.05) is 37.8 Å². The van der Waals surface area contributed by atoms with E-state index in [4.69, 9.17) is 16.6 Å². The van der Waals surface area contributed by atoms with Crippen LogP contribution in [0.3, 0.4) is 0 Å². The maximum atomic E-state index is 13.4. The van der Waals surface area contributed by atoms with Crippen LogP contribution in [0.25, 0.3) is 10.2 Å². The quantitative estimate of drug-likeness (QED) is 0.347. The smallest absolute Gasteiger partial charge is 0.260 e. The fourth-order valence-electron chi connectivity index (χ4n) is 3.05. The number of benzene rings is 2. The summed E-state index contributed by atoms with van der Waals surface area (Å²) in [6.07, 6.45) is 0.866. The minimum absolute atomic E-state index is 0. The van der Waals surface area contributed by atoms with Gasteiger partial charge in [0.25, 0.3) is 5.91 Å². The molecule has 1 heterocycles. The minimum atomic E-state index is -0.0235. The van der Waals surface area contributed by atoms with Crippen LogP contribution in [0.5, 0.6) is 0 Å². The molecule has 2 aromatic carbocycles. The first-order chi connectivity index (χ1) is 13.9. The Morgan fingerprint density at radius 2 is 1.83 bits per heavy atom. The van der Waals surface area contributed by atoms with Gasteiger partial charge in [-0.3, -0.25) is 9.69 Å². The van der Waals surface area contributed by atoms with E-state index >= 15 is 0 Å². The maximum Gasteiger partial charge on any atom is 0.260 e. The molecule has 0 spiro atoms. The number of anilines is 1. The molecule has 0 saturated heterocycles. The molecule has 3 rings (SSSR count). The molecule has 8 heteroatoms. The Kier molecular flexibility index (Phi) is 9.44. The normalized spacial score (nSPS) is 11.0. The highest BCUT2D eigenvalue weighted by Crippen LogP contribution is 2.36. The minimum Gasteiger partial charge on any atom is -0.309 e. The Labute approximate surface area is 198 Å². The molecular weight excluding hydrogens is 457 g/mol. The van der Waals surface area contributed by atoms with Gasteiger partial charge in [0.15, 0.2) is 5.13 Å². The lowest BCUT2D eigenvalue weighted by molar-refractivity contribution is 0.0986. The number of aromatic nitrogens is 1. The molecule has 162 valence electrons. The summed E-state index contributed by atoms with van der Waals surface area (Å²) in [6.45, 7) is 5.65. The number of rotatable bonds is 8. The van der Waals surface area contributed by atoms with Gasteiger partial charge in [0.05, 0.1) is 15.2 Å². The number of amides is 1. The summed E-state index contributed by atoms with van der Waals surface area (Å²) in [7, 11) is 4.08. The summed E-state index contributed by atoms with van der Waals surface area (Å²) in [5, 5.41) is 1.38. The van der Waals surface area contributed by atoms with Crippen molar-refractivity contribution in [2.24, 2.45) is 0 Å². The summed E-state index contributed by atoms with van der Waals surface area (Å²) >= 11 is 9.65. The van der Waals surface area contributed by atoms with Gasteiger partial charge in [0.1, 0.15) is 0 Å². The summed E-state index contributed by atoms with van der Waals surface area (Å²) in [6, 6.07) is 11.7. The van der Waals surface area contributed by atoms with Crippen molar-refractivity contribution < 1.29 is 4.79 Å². The standard InChI is InChI=1S/C22H26ClN3OS2.ClH/c1-5-28-17-10-8-16(9-11-17)21(27)26(14-6-13-25(3)4)22-24-19-15(2)7-12-18(23)20(19)29-22;/h7-12H,5-6,13-14H2,1-4H3;1H. The molecule has 0 bridgehead atoms. The zero-order valence-electron chi connectivity index (χ0n) is 17.6. The van der Waals surface area contributed by atoms with E-state index in [9.17, 15) is 4.79 Å². The molecule has 0 radical (unpaired) electrons. The van der Waals surface area contributed by atoms with Gasteiger partial charge in [0, 0.05) is 17.0 Å². The maximum absolute atomic E-state index is 13.4. The van der Waals surface area contributed by atoms with E-state index in [0.717, 1.165) is 34.5 Å². The van der Waals surface area contributed by atoms with Crippen molar-refractivity contribution in [1.29, 1.82) is 0 Å². The van der Waals surface area contributed by atoms with E-state index in [-0.39, 0.29) is 18.3 Å². The highest BCUT2D eigenvalue weighted by Gasteiger charge is 2.22. The van der Waals surface area contributed by atoms with Crippen LogP contribution in [0.2, 0.25) is 5.02 Å². The number of nitrogens with zero attached hydrogens (tertiary/aromatic N) is 3. The second-order valence-corrected chi connectivity index (χ2v) is 9.83. The van der Waals surface area contributed by atoms with E-state index in [2.05, 4.69) is 11.8 Å². The molecule has 3 aromatic rings. The van der Waals surface area contributed by atoms with Crippen LogP contribution >= 0.6 is 47.1 Å². The van der Waals surface area contributed by atoms with Gasteiger partial charge in [0.2, 0.25) is 0 Å².